The Kier molecular flexibility index (Phi) is 8.42. The molecule has 0 radical (unpaired) electrons. The van der Waals surface area contributed by atoms with Gasteiger partial charge in [0.05, 0.1) is 6.54 Å². The van der Waals surface area contributed by atoms with E-state index in [0.717, 1.165) is 37.6 Å². The second-order valence-electron chi connectivity index (χ2n) is 4.20. The summed E-state index contributed by atoms with van der Waals surface area (Å²) < 4.78 is 5.01. The molecule has 6 heteroatoms. The predicted molar refractivity (Wildman–Crippen MR) is 85.8 cm³/mol. The molecule has 0 heterocycles. The van der Waals surface area contributed by atoms with Crippen molar-refractivity contribution < 1.29 is 4.74 Å². The smallest absolute Gasteiger partial charge is 0.191 e. The molecule has 20 heavy (non-hydrogen) atoms. The third-order valence-electron chi connectivity index (χ3n) is 2.58. The molecule has 1 aromatic rings. The average molecular weight is 318 g/mol. The van der Waals surface area contributed by atoms with Crippen LogP contribution in [0.5, 0.6) is 0 Å². The Balaban J connectivity index is 2.56. The first-order valence-corrected chi connectivity index (χ1v) is 7.38. The van der Waals surface area contributed by atoms with Crippen molar-refractivity contribution in [3.8, 4) is 0 Å². The zero-order valence-corrected chi connectivity index (χ0v) is 13.4. The normalized spacial score (nSPS) is 11.5. The Labute approximate surface area is 130 Å². The first kappa shape index (κ1) is 17.1. The van der Waals surface area contributed by atoms with E-state index in [2.05, 4.69) is 15.6 Å². The predicted octanol–water partition coefficient (Wildman–Crippen LogP) is 3.09. The third kappa shape index (κ3) is 6.46. The van der Waals surface area contributed by atoms with Gasteiger partial charge in [-0.25, -0.2) is 4.99 Å². The molecule has 0 unspecified atom stereocenters. The molecule has 0 aliphatic rings. The van der Waals surface area contributed by atoms with Gasteiger partial charge in [-0.15, -0.1) is 0 Å². The van der Waals surface area contributed by atoms with Crippen LogP contribution in [0.15, 0.2) is 23.2 Å². The highest BCUT2D eigenvalue weighted by Crippen LogP contribution is 2.21. The number of aliphatic imine (C=N–C) groups is 1. The molecule has 0 bridgehead atoms. The van der Waals surface area contributed by atoms with Gasteiger partial charge in [0.1, 0.15) is 0 Å². The van der Waals surface area contributed by atoms with Gasteiger partial charge in [0.15, 0.2) is 5.96 Å². The zero-order chi connectivity index (χ0) is 14.8. The fraction of sp³-hybridized carbons (Fsp3) is 0.500. The van der Waals surface area contributed by atoms with Crippen LogP contribution in [0.4, 0.5) is 0 Å². The Bertz CT molecular complexity index is 438. The van der Waals surface area contributed by atoms with Crippen molar-refractivity contribution in [2.75, 3.05) is 26.8 Å². The van der Waals surface area contributed by atoms with Crippen LogP contribution >= 0.6 is 23.2 Å². The van der Waals surface area contributed by atoms with E-state index in [1.54, 1.807) is 13.2 Å². The lowest BCUT2D eigenvalue weighted by Crippen LogP contribution is -2.38. The van der Waals surface area contributed by atoms with E-state index in [1.807, 2.05) is 19.1 Å². The fourth-order valence-electron chi connectivity index (χ4n) is 1.58. The maximum absolute atomic E-state index is 6.12. The summed E-state index contributed by atoms with van der Waals surface area (Å²) in [6, 6.07) is 5.44. The molecular weight excluding hydrogens is 297 g/mol. The molecule has 4 nitrogen and oxygen atoms in total. The largest absolute Gasteiger partial charge is 0.385 e. The number of guanidine groups is 1. The van der Waals surface area contributed by atoms with Crippen molar-refractivity contribution in [2.45, 2.75) is 19.9 Å². The number of nitrogens with zero attached hydrogens (tertiary/aromatic N) is 1. The van der Waals surface area contributed by atoms with Gasteiger partial charge in [0, 0.05) is 36.9 Å². The second-order valence-corrected chi connectivity index (χ2v) is 5.05. The summed E-state index contributed by atoms with van der Waals surface area (Å²) in [5.41, 5.74) is 0.949. The number of nitrogens with one attached hydrogen (secondary N) is 2. The second kappa shape index (κ2) is 9.86. The minimum atomic E-state index is 0.510. The van der Waals surface area contributed by atoms with Crippen molar-refractivity contribution in [1.82, 2.24) is 10.6 Å². The summed E-state index contributed by atoms with van der Waals surface area (Å²) >= 11 is 12.0. The van der Waals surface area contributed by atoms with E-state index in [4.69, 9.17) is 27.9 Å². The first-order valence-electron chi connectivity index (χ1n) is 6.62. The molecule has 1 rings (SSSR count). The lowest BCUT2D eigenvalue weighted by atomic mass is 10.2. The highest BCUT2D eigenvalue weighted by molar-refractivity contribution is 6.35. The van der Waals surface area contributed by atoms with E-state index in [1.165, 1.54) is 0 Å². The van der Waals surface area contributed by atoms with E-state index >= 15 is 0 Å². The molecule has 112 valence electrons. The molecule has 1 aromatic carbocycles. The van der Waals surface area contributed by atoms with Crippen molar-refractivity contribution in [2.24, 2.45) is 4.99 Å². The van der Waals surface area contributed by atoms with Crippen LogP contribution in [0.1, 0.15) is 18.9 Å². The van der Waals surface area contributed by atoms with E-state index in [0.29, 0.717) is 16.6 Å². The van der Waals surface area contributed by atoms with Crippen molar-refractivity contribution in [3.05, 3.63) is 33.8 Å². The average Bonchev–Trinajstić information content (AvgIpc) is 2.42. The maximum atomic E-state index is 6.12. The number of benzene rings is 1. The van der Waals surface area contributed by atoms with Gasteiger partial charge in [0.2, 0.25) is 0 Å². The quantitative estimate of drug-likeness (QED) is 0.461. The van der Waals surface area contributed by atoms with E-state index in [-0.39, 0.29) is 0 Å². The molecule has 0 aromatic heterocycles. The van der Waals surface area contributed by atoms with Crippen LogP contribution in [0.3, 0.4) is 0 Å². The van der Waals surface area contributed by atoms with Crippen LogP contribution in [0, 0.1) is 0 Å². The molecule has 0 spiro atoms. The van der Waals surface area contributed by atoms with Gasteiger partial charge in [-0.05, 0) is 31.0 Å². The minimum Gasteiger partial charge on any atom is -0.385 e. The topological polar surface area (TPSA) is 45.7 Å². The third-order valence-corrected chi connectivity index (χ3v) is 3.17. The van der Waals surface area contributed by atoms with E-state index < -0.39 is 0 Å². The molecule has 2 N–H and O–H groups in total. The standard InChI is InChI=1S/C14H21Cl2N3O/c1-3-17-14(18-7-4-8-20-2)19-10-11-5-6-12(15)9-13(11)16/h5-6,9H,3-4,7-8,10H2,1-2H3,(H2,17,18,19). The SMILES string of the molecule is CCNC(=NCc1ccc(Cl)cc1Cl)NCCCOC. The zero-order valence-electron chi connectivity index (χ0n) is 11.9. The van der Waals surface area contributed by atoms with Crippen molar-refractivity contribution >= 4 is 29.2 Å². The molecule has 0 aliphatic heterocycles. The Morgan fingerprint density at radius 3 is 2.75 bits per heavy atom. The fourth-order valence-corrected chi connectivity index (χ4v) is 2.05. The first-order chi connectivity index (χ1) is 9.67. The van der Waals surface area contributed by atoms with Gasteiger partial charge in [-0.3, -0.25) is 0 Å². The van der Waals surface area contributed by atoms with Crippen molar-refractivity contribution in [3.63, 3.8) is 0 Å². The van der Waals surface area contributed by atoms with Crippen LogP contribution < -0.4 is 10.6 Å². The molecular formula is C14H21Cl2N3O. The summed E-state index contributed by atoms with van der Waals surface area (Å²) in [4.78, 5) is 4.50. The van der Waals surface area contributed by atoms with Crippen LogP contribution in [0.25, 0.3) is 0 Å². The Morgan fingerprint density at radius 1 is 1.30 bits per heavy atom. The van der Waals surface area contributed by atoms with Gasteiger partial charge < -0.3 is 15.4 Å². The number of rotatable bonds is 7. The molecule has 0 atom stereocenters. The molecule has 0 amide bonds. The maximum Gasteiger partial charge on any atom is 0.191 e. The Hall–Kier alpha value is -0.970. The van der Waals surface area contributed by atoms with Crippen LogP contribution in [0.2, 0.25) is 10.0 Å². The lowest BCUT2D eigenvalue weighted by molar-refractivity contribution is 0.195. The lowest BCUT2D eigenvalue weighted by Gasteiger charge is -2.11. The summed E-state index contributed by atoms with van der Waals surface area (Å²) in [7, 11) is 1.70. The highest BCUT2D eigenvalue weighted by Gasteiger charge is 2.02. The molecule has 0 saturated carbocycles. The number of hydrogen-bond donors (Lipinski definition) is 2. The number of methoxy groups -OCH3 is 1. The minimum absolute atomic E-state index is 0.510. The molecule has 0 aliphatic carbocycles. The van der Waals surface area contributed by atoms with Gasteiger partial charge in [0.25, 0.3) is 0 Å². The number of ether oxygens (including phenoxy) is 1. The summed E-state index contributed by atoms with van der Waals surface area (Å²) in [5, 5.41) is 7.70. The van der Waals surface area contributed by atoms with E-state index in [9.17, 15) is 0 Å². The summed E-state index contributed by atoms with van der Waals surface area (Å²) in [6.07, 6.45) is 0.933. The highest BCUT2D eigenvalue weighted by atomic mass is 35.5. The summed E-state index contributed by atoms with van der Waals surface area (Å²) in [6.45, 7) is 4.89. The summed E-state index contributed by atoms with van der Waals surface area (Å²) in [5.74, 6) is 0.773. The molecule has 0 fully saturated rings. The van der Waals surface area contributed by atoms with Gasteiger partial charge in [-0.1, -0.05) is 29.3 Å². The number of hydrogen-bond acceptors (Lipinski definition) is 2. The van der Waals surface area contributed by atoms with Crippen molar-refractivity contribution in [1.29, 1.82) is 0 Å². The van der Waals surface area contributed by atoms with Crippen LogP contribution in [-0.2, 0) is 11.3 Å². The van der Waals surface area contributed by atoms with Gasteiger partial charge >= 0.3 is 0 Å². The monoisotopic (exact) mass is 317 g/mol. The molecule has 0 saturated heterocycles. The van der Waals surface area contributed by atoms with Gasteiger partial charge in [-0.2, -0.15) is 0 Å². The number of halogens is 2. The Morgan fingerprint density at radius 2 is 2.10 bits per heavy atom. The van der Waals surface area contributed by atoms with Crippen LogP contribution in [-0.4, -0.2) is 32.8 Å².